The Labute approximate surface area is 60.0 Å². The van der Waals surface area contributed by atoms with Gasteiger partial charge in [0.15, 0.2) is 0 Å². The summed E-state index contributed by atoms with van der Waals surface area (Å²) in [5.74, 6) is -2.05. The Balaban J connectivity index is 4.33. The van der Waals surface area contributed by atoms with E-state index < -0.39 is 17.2 Å². The lowest BCUT2D eigenvalue weighted by atomic mass is 9.85. The van der Waals surface area contributed by atoms with Gasteiger partial charge < -0.3 is 5.11 Å². The number of Topliss-reactive ketones (excluding diaryl/α,β-unsaturated/α-hetero) is 1. The van der Waals surface area contributed by atoms with Crippen LogP contribution < -0.4 is 0 Å². The third-order valence-electron chi connectivity index (χ3n) is 1.69. The van der Waals surface area contributed by atoms with Gasteiger partial charge in [0.25, 0.3) is 0 Å². The number of carbonyl (C=O) groups is 2. The van der Waals surface area contributed by atoms with Crippen molar-refractivity contribution in [3.05, 3.63) is 0 Å². The van der Waals surface area contributed by atoms with E-state index in [1.165, 1.54) is 0 Å². The SMILES string of the molecule is CCC(C)(C)C(=O)C(=O)O. The van der Waals surface area contributed by atoms with Gasteiger partial charge in [-0.3, -0.25) is 4.79 Å². The second-order valence-corrected chi connectivity index (χ2v) is 2.87. The molecule has 0 aromatic heterocycles. The molecule has 0 radical (unpaired) electrons. The predicted molar refractivity (Wildman–Crippen MR) is 36.7 cm³/mol. The molecule has 0 rings (SSSR count). The van der Waals surface area contributed by atoms with Gasteiger partial charge in [0, 0.05) is 5.41 Å². The van der Waals surface area contributed by atoms with Crippen molar-refractivity contribution in [2.75, 3.05) is 0 Å². The summed E-state index contributed by atoms with van der Waals surface area (Å²) < 4.78 is 0. The van der Waals surface area contributed by atoms with E-state index in [-0.39, 0.29) is 0 Å². The van der Waals surface area contributed by atoms with Crippen molar-refractivity contribution in [3.63, 3.8) is 0 Å². The van der Waals surface area contributed by atoms with E-state index >= 15 is 0 Å². The van der Waals surface area contributed by atoms with Crippen LogP contribution >= 0.6 is 0 Å². The Morgan fingerprint density at radius 3 is 1.90 bits per heavy atom. The van der Waals surface area contributed by atoms with E-state index in [4.69, 9.17) is 5.11 Å². The first-order valence-electron chi connectivity index (χ1n) is 3.19. The van der Waals surface area contributed by atoms with Crippen LogP contribution in [-0.2, 0) is 9.59 Å². The van der Waals surface area contributed by atoms with E-state index in [9.17, 15) is 9.59 Å². The van der Waals surface area contributed by atoms with Crippen molar-refractivity contribution in [1.29, 1.82) is 0 Å². The lowest BCUT2D eigenvalue weighted by molar-refractivity contribution is -0.153. The van der Waals surface area contributed by atoms with Gasteiger partial charge in [0.05, 0.1) is 0 Å². The Morgan fingerprint density at radius 1 is 1.40 bits per heavy atom. The fraction of sp³-hybridized carbons (Fsp3) is 0.714. The van der Waals surface area contributed by atoms with Crippen LogP contribution in [0.25, 0.3) is 0 Å². The number of aliphatic carboxylic acids is 1. The molecule has 3 nitrogen and oxygen atoms in total. The minimum absolute atomic E-state index is 0.554. The summed E-state index contributed by atoms with van der Waals surface area (Å²) in [6.45, 7) is 5.05. The van der Waals surface area contributed by atoms with E-state index in [0.717, 1.165) is 0 Å². The summed E-state index contributed by atoms with van der Waals surface area (Å²) in [5.41, 5.74) is -0.716. The number of hydrogen-bond acceptors (Lipinski definition) is 2. The number of carboxylic acid groups (broad SMARTS) is 1. The predicted octanol–water partition coefficient (Wildman–Crippen LogP) is 1.08. The number of rotatable bonds is 3. The van der Waals surface area contributed by atoms with Crippen LogP contribution in [0.5, 0.6) is 0 Å². The number of hydrogen-bond donors (Lipinski definition) is 1. The average Bonchev–Trinajstić information content (AvgIpc) is 1.86. The summed E-state index contributed by atoms with van der Waals surface area (Å²) in [7, 11) is 0. The zero-order chi connectivity index (χ0) is 8.36. The number of carbonyl (C=O) groups excluding carboxylic acids is 1. The second-order valence-electron chi connectivity index (χ2n) is 2.87. The van der Waals surface area contributed by atoms with Crippen molar-refractivity contribution in [1.82, 2.24) is 0 Å². The molecule has 0 fully saturated rings. The number of ketones is 1. The topological polar surface area (TPSA) is 54.4 Å². The van der Waals surface area contributed by atoms with E-state index in [2.05, 4.69) is 0 Å². The Morgan fingerprint density at radius 2 is 1.80 bits per heavy atom. The van der Waals surface area contributed by atoms with Crippen LogP contribution in [-0.4, -0.2) is 16.9 Å². The van der Waals surface area contributed by atoms with Gasteiger partial charge >= 0.3 is 5.97 Å². The van der Waals surface area contributed by atoms with Crippen molar-refractivity contribution >= 4 is 11.8 Å². The molecule has 58 valence electrons. The van der Waals surface area contributed by atoms with Crippen LogP contribution in [0.4, 0.5) is 0 Å². The third kappa shape index (κ3) is 1.83. The van der Waals surface area contributed by atoms with E-state index in [1.54, 1.807) is 20.8 Å². The fourth-order valence-corrected chi connectivity index (χ4v) is 0.450. The summed E-state index contributed by atoms with van der Waals surface area (Å²) in [6, 6.07) is 0. The molecule has 0 aliphatic heterocycles. The molecule has 3 heteroatoms. The Bertz CT molecular complexity index is 158. The molecule has 0 bridgehead atoms. The first kappa shape index (κ1) is 9.14. The summed E-state index contributed by atoms with van der Waals surface area (Å²) in [6.07, 6.45) is 0.554. The van der Waals surface area contributed by atoms with Gasteiger partial charge in [0.2, 0.25) is 5.78 Å². The molecule has 0 aromatic carbocycles. The van der Waals surface area contributed by atoms with Crippen molar-refractivity contribution in [3.8, 4) is 0 Å². The molecule has 0 aliphatic rings. The lowest BCUT2D eigenvalue weighted by Crippen LogP contribution is -2.30. The number of carboxylic acids is 1. The summed E-state index contributed by atoms with van der Waals surface area (Å²) in [5, 5.41) is 8.30. The van der Waals surface area contributed by atoms with Gasteiger partial charge in [-0.15, -0.1) is 0 Å². The van der Waals surface area contributed by atoms with Gasteiger partial charge in [-0.25, -0.2) is 4.79 Å². The second kappa shape index (κ2) is 2.82. The highest BCUT2D eigenvalue weighted by Gasteiger charge is 2.30. The molecule has 0 aliphatic carbocycles. The highest BCUT2D eigenvalue weighted by atomic mass is 16.4. The van der Waals surface area contributed by atoms with Crippen LogP contribution in [0.2, 0.25) is 0 Å². The van der Waals surface area contributed by atoms with Crippen molar-refractivity contribution in [2.24, 2.45) is 5.41 Å². The van der Waals surface area contributed by atoms with Crippen molar-refractivity contribution < 1.29 is 14.7 Å². The van der Waals surface area contributed by atoms with Crippen LogP contribution in [0, 0.1) is 5.41 Å². The van der Waals surface area contributed by atoms with Gasteiger partial charge in [-0.2, -0.15) is 0 Å². The maximum absolute atomic E-state index is 10.8. The highest BCUT2D eigenvalue weighted by Crippen LogP contribution is 2.20. The largest absolute Gasteiger partial charge is 0.475 e. The molecule has 0 amide bonds. The monoisotopic (exact) mass is 144 g/mol. The van der Waals surface area contributed by atoms with Crippen LogP contribution in [0.1, 0.15) is 27.2 Å². The Hall–Kier alpha value is -0.860. The maximum atomic E-state index is 10.8. The quantitative estimate of drug-likeness (QED) is 0.603. The molecule has 0 aromatic rings. The van der Waals surface area contributed by atoms with E-state index in [1.807, 2.05) is 0 Å². The maximum Gasteiger partial charge on any atom is 0.372 e. The normalized spacial score (nSPS) is 11.1. The zero-order valence-corrected chi connectivity index (χ0v) is 6.47. The van der Waals surface area contributed by atoms with Crippen LogP contribution in [0.15, 0.2) is 0 Å². The zero-order valence-electron chi connectivity index (χ0n) is 6.47. The van der Waals surface area contributed by atoms with Gasteiger partial charge in [-0.05, 0) is 6.42 Å². The Kier molecular flexibility index (Phi) is 2.57. The lowest BCUT2D eigenvalue weighted by Gasteiger charge is -2.16. The molecule has 10 heavy (non-hydrogen) atoms. The summed E-state index contributed by atoms with van der Waals surface area (Å²) >= 11 is 0. The van der Waals surface area contributed by atoms with E-state index in [0.29, 0.717) is 6.42 Å². The molecule has 1 N–H and O–H groups in total. The minimum atomic E-state index is -1.34. The molecule has 0 unspecified atom stereocenters. The van der Waals surface area contributed by atoms with Gasteiger partial charge in [-0.1, -0.05) is 20.8 Å². The fourth-order valence-electron chi connectivity index (χ4n) is 0.450. The molecule has 0 atom stereocenters. The average molecular weight is 144 g/mol. The first-order valence-corrected chi connectivity index (χ1v) is 3.19. The van der Waals surface area contributed by atoms with Gasteiger partial charge in [0.1, 0.15) is 0 Å². The standard InChI is InChI=1S/C7H12O3/c1-4-7(2,3)5(8)6(9)10/h4H2,1-3H3,(H,9,10). The molecular weight excluding hydrogens is 132 g/mol. The molecule has 0 saturated heterocycles. The highest BCUT2D eigenvalue weighted by molar-refractivity contribution is 6.34. The molecule has 0 spiro atoms. The first-order chi connectivity index (χ1) is 4.41. The van der Waals surface area contributed by atoms with Crippen molar-refractivity contribution in [2.45, 2.75) is 27.2 Å². The van der Waals surface area contributed by atoms with Crippen LogP contribution in [0.3, 0.4) is 0 Å². The minimum Gasteiger partial charge on any atom is -0.475 e. The molecule has 0 heterocycles. The molecule has 0 saturated carbocycles. The third-order valence-corrected chi connectivity index (χ3v) is 1.69. The molecular formula is C7H12O3. The summed E-state index contributed by atoms with van der Waals surface area (Å²) in [4.78, 5) is 21.0. The smallest absolute Gasteiger partial charge is 0.372 e.